The van der Waals surface area contributed by atoms with Crippen molar-refractivity contribution in [2.75, 3.05) is 38.1 Å². The van der Waals surface area contributed by atoms with E-state index in [0.29, 0.717) is 30.9 Å². The zero-order valence-electron chi connectivity index (χ0n) is 12.7. The van der Waals surface area contributed by atoms with E-state index in [1.807, 2.05) is 17.0 Å². The number of hydrazine groups is 1. The van der Waals surface area contributed by atoms with Crippen LogP contribution < -0.4 is 11.3 Å². The molecule has 2 rings (SSSR count). The van der Waals surface area contributed by atoms with Crippen LogP contribution in [-0.4, -0.2) is 59.1 Å². The first kappa shape index (κ1) is 15.8. The number of nitrogens with zero attached hydrogens (tertiary/aromatic N) is 2. The van der Waals surface area contributed by atoms with Gasteiger partial charge in [-0.05, 0) is 26.0 Å². The van der Waals surface area contributed by atoms with Gasteiger partial charge >= 0.3 is 0 Å². The van der Waals surface area contributed by atoms with Gasteiger partial charge in [-0.2, -0.15) is 0 Å². The SMILES string of the molecule is CC(C)(O)CN1CCN(C(=O)c2ccccc2NN)CC1. The fourth-order valence-corrected chi connectivity index (χ4v) is 2.62. The first-order valence-electron chi connectivity index (χ1n) is 7.20. The molecule has 0 radical (unpaired) electrons. The largest absolute Gasteiger partial charge is 0.389 e. The van der Waals surface area contributed by atoms with Crippen molar-refractivity contribution in [1.29, 1.82) is 0 Å². The number of nitrogens with one attached hydrogen (secondary N) is 1. The second-order valence-corrected chi connectivity index (χ2v) is 6.07. The third-order valence-electron chi connectivity index (χ3n) is 3.58. The zero-order chi connectivity index (χ0) is 15.5. The fourth-order valence-electron chi connectivity index (χ4n) is 2.62. The number of rotatable bonds is 4. The molecule has 0 atom stereocenters. The molecule has 116 valence electrons. The number of nitrogens with two attached hydrogens (primary N) is 1. The second kappa shape index (κ2) is 6.43. The van der Waals surface area contributed by atoms with Gasteiger partial charge in [-0.3, -0.25) is 15.5 Å². The molecule has 6 nitrogen and oxygen atoms in total. The van der Waals surface area contributed by atoms with Gasteiger partial charge in [0.05, 0.1) is 16.9 Å². The summed E-state index contributed by atoms with van der Waals surface area (Å²) < 4.78 is 0. The number of aliphatic hydroxyl groups is 1. The third-order valence-corrected chi connectivity index (χ3v) is 3.58. The van der Waals surface area contributed by atoms with Crippen molar-refractivity contribution in [3.8, 4) is 0 Å². The number of anilines is 1. The summed E-state index contributed by atoms with van der Waals surface area (Å²) >= 11 is 0. The molecule has 0 unspecified atom stereocenters. The minimum atomic E-state index is -0.706. The number of para-hydroxylation sites is 1. The Bertz CT molecular complexity index is 491. The molecule has 1 aliphatic heterocycles. The highest BCUT2D eigenvalue weighted by Crippen LogP contribution is 2.17. The van der Waals surface area contributed by atoms with E-state index in [-0.39, 0.29) is 5.91 Å². The standard InChI is InChI=1S/C15H24N4O2/c1-15(2,21)11-18-7-9-19(10-8-18)14(20)12-5-3-4-6-13(12)17-16/h3-6,17,21H,7-11,16H2,1-2H3. The molecule has 1 aromatic rings. The summed E-state index contributed by atoms with van der Waals surface area (Å²) in [5.41, 5.74) is 3.09. The van der Waals surface area contributed by atoms with Crippen molar-refractivity contribution in [2.24, 2.45) is 5.84 Å². The van der Waals surface area contributed by atoms with Crippen LogP contribution in [0.3, 0.4) is 0 Å². The molecule has 0 aliphatic carbocycles. The molecular weight excluding hydrogens is 268 g/mol. The molecule has 21 heavy (non-hydrogen) atoms. The van der Waals surface area contributed by atoms with Crippen LogP contribution in [0.5, 0.6) is 0 Å². The summed E-state index contributed by atoms with van der Waals surface area (Å²) in [6, 6.07) is 7.24. The van der Waals surface area contributed by atoms with Crippen LogP contribution >= 0.6 is 0 Å². The number of hydrogen-bond acceptors (Lipinski definition) is 5. The van der Waals surface area contributed by atoms with Gasteiger partial charge < -0.3 is 15.4 Å². The fraction of sp³-hybridized carbons (Fsp3) is 0.533. The lowest BCUT2D eigenvalue weighted by Gasteiger charge is -2.37. The summed E-state index contributed by atoms with van der Waals surface area (Å²) in [6.45, 7) is 7.08. The molecule has 1 heterocycles. The molecule has 4 N–H and O–H groups in total. The van der Waals surface area contributed by atoms with Crippen LogP contribution in [0.1, 0.15) is 24.2 Å². The van der Waals surface area contributed by atoms with Crippen molar-refractivity contribution in [1.82, 2.24) is 9.80 Å². The maximum Gasteiger partial charge on any atom is 0.256 e. The Hall–Kier alpha value is -1.63. The van der Waals surface area contributed by atoms with E-state index in [2.05, 4.69) is 10.3 Å². The predicted molar refractivity (Wildman–Crippen MR) is 82.9 cm³/mol. The molecule has 1 aromatic carbocycles. The quantitative estimate of drug-likeness (QED) is 0.556. The van der Waals surface area contributed by atoms with E-state index in [4.69, 9.17) is 5.84 Å². The van der Waals surface area contributed by atoms with Gasteiger partial charge in [0.2, 0.25) is 0 Å². The Morgan fingerprint density at radius 1 is 1.29 bits per heavy atom. The highest BCUT2D eigenvalue weighted by molar-refractivity contribution is 5.99. The lowest BCUT2D eigenvalue weighted by Crippen LogP contribution is -2.52. The van der Waals surface area contributed by atoms with E-state index in [9.17, 15) is 9.90 Å². The maximum absolute atomic E-state index is 12.5. The van der Waals surface area contributed by atoms with Crippen molar-refractivity contribution in [3.05, 3.63) is 29.8 Å². The van der Waals surface area contributed by atoms with Crippen LogP contribution in [-0.2, 0) is 0 Å². The lowest BCUT2D eigenvalue weighted by molar-refractivity contribution is 0.0179. The number of hydrogen-bond donors (Lipinski definition) is 3. The minimum absolute atomic E-state index is 0.00791. The molecule has 1 amide bonds. The van der Waals surface area contributed by atoms with Crippen LogP contribution in [0.2, 0.25) is 0 Å². The van der Waals surface area contributed by atoms with E-state index in [1.54, 1.807) is 26.0 Å². The monoisotopic (exact) mass is 292 g/mol. The molecule has 6 heteroatoms. The lowest BCUT2D eigenvalue weighted by atomic mass is 10.1. The first-order chi connectivity index (χ1) is 9.90. The van der Waals surface area contributed by atoms with Gasteiger partial charge in [0.25, 0.3) is 5.91 Å². The highest BCUT2D eigenvalue weighted by atomic mass is 16.3. The van der Waals surface area contributed by atoms with Gasteiger partial charge in [-0.25, -0.2) is 0 Å². The Labute approximate surface area is 125 Å². The van der Waals surface area contributed by atoms with Crippen molar-refractivity contribution >= 4 is 11.6 Å². The summed E-state index contributed by atoms with van der Waals surface area (Å²) in [4.78, 5) is 16.5. The van der Waals surface area contributed by atoms with Crippen LogP contribution in [0.25, 0.3) is 0 Å². The molecule has 0 aromatic heterocycles. The van der Waals surface area contributed by atoms with Crippen LogP contribution in [0.4, 0.5) is 5.69 Å². The molecule has 1 fully saturated rings. The van der Waals surface area contributed by atoms with Crippen molar-refractivity contribution in [2.45, 2.75) is 19.4 Å². The number of carbonyl (C=O) groups is 1. The normalized spacial score (nSPS) is 16.9. The average Bonchev–Trinajstić information content (AvgIpc) is 2.45. The summed E-state index contributed by atoms with van der Waals surface area (Å²) in [5.74, 6) is 5.44. The number of piperazine rings is 1. The second-order valence-electron chi connectivity index (χ2n) is 6.07. The summed E-state index contributed by atoms with van der Waals surface area (Å²) in [6.07, 6.45) is 0. The molecule has 0 saturated carbocycles. The number of carbonyl (C=O) groups excluding carboxylic acids is 1. The molecule has 1 aliphatic rings. The molecule has 1 saturated heterocycles. The topological polar surface area (TPSA) is 81.8 Å². The van der Waals surface area contributed by atoms with E-state index < -0.39 is 5.60 Å². The van der Waals surface area contributed by atoms with E-state index in [1.165, 1.54) is 0 Å². The smallest absolute Gasteiger partial charge is 0.256 e. The van der Waals surface area contributed by atoms with Crippen LogP contribution in [0.15, 0.2) is 24.3 Å². The predicted octanol–water partition coefficient (Wildman–Crippen LogP) is 0.501. The van der Waals surface area contributed by atoms with Gasteiger partial charge in [0, 0.05) is 32.7 Å². The van der Waals surface area contributed by atoms with Gasteiger partial charge in [0.1, 0.15) is 0 Å². The molecule has 0 spiro atoms. The molecule has 0 bridgehead atoms. The average molecular weight is 292 g/mol. The Balaban J connectivity index is 1.97. The number of amides is 1. The van der Waals surface area contributed by atoms with Crippen molar-refractivity contribution in [3.63, 3.8) is 0 Å². The molecular formula is C15H24N4O2. The van der Waals surface area contributed by atoms with Gasteiger partial charge in [-0.1, -0.05) is 12.1 Å². The van der Waals surface area contributed by atoms with Crippen molar-refractivity contribution < 1.29 is 9.90 Å². The highest BCUT2D eigenvalue weighted by Gasteiger charge is 2.26. The maximum atomic E-state index is 12.5. The first-order valence-corrected chi connectivity index (χ1v) is 7.20. The minimum Gasteiger partial charge on any atom is -0.389 e. The van der Waals surface area contributed by atoms with Gasteiger partial charge in [0.15, 0.2) is 0 Å². The van der Waals surface area contributed by atoms with Crippen LogP contribution in [0, 0.1) is 0 Å². The Kier molecular flexibility index (Phi) is 4.82. The Morgan fingerprint density at radius 2 is 1.90 bits per heavy atom. The summed E-state index contributed by atoms with van der Waals surface area (Å²) in [7, 11) is 0. The summed E-state index contributed by atoms with van der Waals surface area (Å²) in [5, 5.41) is 9.85. The number of benzene rings is 1. The van der Waals surface area contributed by atoms with Gasteiger partial charge in [-0.15, -0.1) is 0 Å². The zero-order valence-corrected chi connectivity index (χ0v) is 12.7. The van der Waals surface area contributed by atoms with E-state index >= 15 is 0 Å². The number of β-amino-alcohol motifs (C(OH)–C–C–N with tert-alkyl or cyclic N) is 1. The Morgan fingerprint density at radius 3 is 2.48 bits per heavy atom. The number of nitrogen functional groups attached to an aromatic ring is 1. The third kappa shape index (κ3) is 4.17. The van der Waals surface area contributed by atoms with E-state index in [0.717, 1.165) is 13.1 Å².